The number of halogens is 1. The van der Waals surface area contributed by atoms with E-state index in [9.17, 15) is 0 Å². The Bertz CT molecular complexity index is 1400. The van der Waals surface area contributed by atoms with E-state index in [4.69, 9.17) is 0 Å². The van der Waals surface area contributed by atoms with E-state index in [1.54, 1.807) is 0 Å². The summed E-state index contributed by atoms with van der Waals surface area (Å²) in [5.74, 6) is 0. The Balaban J connectivity index is 1.77. The molecule has 0 unspecified atom stereocenters. The molecule has 0 bridgehead atoms. The average Bonchev–Trinajstić information content (AvgIpc) is 2.93. The first-order valence-electron chi connectivity index (χ1n) is 12.7. The van der Waals surface area contributed by atoms with Crippen LogP contribution in [0.2, 0.25) is 0 Å². The molecule has 0 saturated carbocycles. The molecule has 0 radical (unpaired) electrons. The number of aryl methyl sites for hydroxylation is 3. The second-order valence-electron chi connectivity index (χ2n) is 9.85. The topological polar surface area (TPSA) is 0 Å². The van der Waals surface area contributed by atoms with Crippen molar-refractivity contribution in [1.82, 2.24) is 0 Å². The summed E-state index contributed by atoms with van der Waals surface area (Å²) in [6.07, 6.45) is 4.36. The number of rotatable bonds is 6. The first-order valence-corrected chi connectivity index (χ1v) is 16.9. The van der Waals surface area contributed by atoms with Gasteiger partial charge in [-0.05, 0) is 0 Å². The molecule has 0 atom stereocenters. The van der Waals surface area contributed by atoms with Crippen molar-refractivity contribution in [2.45, 2.75) is 20.8 Å². The summed E-state index contributed by atoms with van der Waals surface area (Å²) in [6.45, 7) is 6.45. The van der Waals surface area contributed by atoms with Gasteiger partial charge in [-0.2, -0.15) is 0 Å². The first kappa shape index (κ1) is 25.4. The van der Waals surface area contributed by atoms with Crippen LogP contribution in [-0.4, -0.2) is 0 Å². The monoisotopic (exact) mass is 562 g/mol. The van der Waals surface area contributed by atoms with E-state index in [0.29, 0.717) is 0 Å². The third kappa shape index (κ3) is 4.63. The van der Waals surface area contributed by atoms with Crippen molar-refractivity contribution in [2.75, 3.05) is 0 Å². The predicted molar refractivity (Wildman–Crippen MR) is 170 cm³/mol. The molecule has 5 aromatic carbocycles. The van der Waals surface area contributed by atoms with E-state index in [1.807, 2.05) is 6.07 Å². The van der Waals surface area contributed by atoms with Crippen LogP contribution in [0.1, 0.15) is 27.8 Å². The van der Waals surface area contributed by atoms with Crippen LogP contribution >= 0.6 is 20.8 Å². The zero-order valence-corrected chi connectivity index (χ0v) is 24.1. The van der Waals surface area contributed by atoms with Crippen molar-refractivity contribution in [3.63, 3.8) is 0 Å². The van der Waals surface area contributed by atoms with E-state index in [1.165, 1.54) is 49.0 Å². The van der Waals surface area contributed by atoms with Crippen LogP contribution < -0.4 is 21.2 Å². The van der Waals surface area contributed by atoms with Crippen LogP contribution in [0.4, 0.5) is 0 Å². The Morgan fingerprint density at radius 3 is 1.05 bits per heavy atom. The van der Waals surface area contributed by atoms with Crippen molar-refractivity contribution < 1.29 is 0 Å². The molecule has 0 amide bonds. The van der Waals surface area contributed by atoms with Gasteiger partial charge in [0.1, 0.15) is 0 Å². The fraction of sp³-hybridized carbons (Fsp3) is 0.0857. The fourth-order valence-corrected chi connectivity index (χ4v) is 12.5. The van der Waals surface area contributed by atoms with Gasteiger partial charge in [-0.25, -0.2) is 0 Å². The van der Waals surface area contributed by atoms with Gasteiger partial charge in [0.05, 0.1) is 0 Å². The quantitative estimate of drug-likeness (QED) is 0.144. The van der Waals surface area contributed by atoms with E-state index in [2.05, 4.69) is 170 Å². The third-order valence-corrected chi connectivity index (χ3v) is 17.2. The first-order chi connectivity index (χ1) is 17.9. The predicted octanol–water partition coefficient (Wildman–Crippen LogP) is 8.25. The molecule has 5 rings (SSSR count). The summed E-state index contributed by atoms with van der Waals surface area (Å²) in [5.41, 5.74) is 6.16. The van der Waals surface area contributed by atoms with E-state index in [0.717, 1.165) is 0 Å². The summed E-state index contributed by atoms with van der Waals surface area (Å²) >= 11 is 4.61. The maximum atomic E-state index is 4.61. The molecule has 0 saturated heterocycles. The Hall–Kier alpha value is -3.25. The molecule has 0 heterocycles. The van der Waals surface area contributed by atoms with Crippen LogP contribution in [0.3, 0.4) is 0 Å². The Morgan fingerprint density at radius 1 is 0.405 bits per heavy atom. The van der Waals surface area contributed by atoms with Crippen LogP contribution in [0, 0.1) is 20.8 Å². The standard InChI is InChI=1S/C35H32BrP/c1-27-9-19-32(20-10-27)37(36,33-21-11-28(2)12-22-33,34-23-13-29(3)14-24-34)35-25-17-31(18-26-35)16-15-30-7-5-4-6-8-30/h4-26H,1-3H3. The third-order valence-electron chi connectivity index (χ3n) is 7.20. The second-order valence-corrected chi connectivity index (χ2v) is 18.2. The van der Waals surface area contributed by atoms with E-state index < -0.39 is 5.31 Å². The van der Waals surface area contributed by atoms with Crippen LogP contribution in [0.5, 0.6) is 0 Å². The van der Waals surface area contributed by atoms with Crippen LogP contribution in [-0.2, 0) is 0 Å². The van der Waals surface area contributed by atoms with Gasteiger partial charge in [0.15, 0.2) is 0 Å². The second kappa shape index (κ2) is 10.3. The Morgan fingerprint density at radius 2 is 0.703 bits per heavy atom. The maximum absolute atomic E-state index is 4.61. The summed E-state index contributed by atoms with van der Waals surface area (Å²) in [6, 6.07) is 46.8. The van der Waals surface area contributed by atoms with Gasteiger partial charge in [0.2, 0.25) is 0 Å². The van der Waals surface area contributed by atoms with Crippen LogP contribution in [0.25, 0.3) is 12.2 Å². The molecule has 5 aromatic rings. The van der Waals surface area contributed by atoms with Gasteiger partial charge in [-0.1, -0.05) is 0 Å². The summed E-state index contributed by atoms with van der Waals surface area (Å²) < 4.78 is 0. The molecule has 0 aliphatic rings. The molecular weight excluding hydrogens is 531 g/mol. The molecule has 0 N–H and O–H groups in total. The minimum absolute atomic E-state index is 1.18. The molecule has 37 heavy (non-hydrogen) atoms. The fourth-order valence-electron chi connectivity index (χ4n) is 4.99. The van der Waals surface area contributed by atoms with Crippen molar-refractivity contribution in [2.24, 2.45) is 0 Å². The summed E-state index contributed by atoms with van der Waals surface area (Å²) in [5, 5.41) is 1.98. The van der Waals surface area contributed by atoms with Gasteiger partial charge in [0, 0.05) is 0 Å². The Labute approximate surface area is 229 Å². The Kier molecular flexibility index (Phi) is 7.04. The molecule has 184 valence electrons. The van der Waals surface area contributed by atoms with Crippen molar-refractivity contribution in [3.05, 3.63) is 155 Å². The normalized spacial score (nSPS) is 12.8. The molecule has 0 nitrogen and oxygen atoms in total. The molecule has 0 aliphatic carbocycles. The molecule has 0 spiro atoms. The molecular formula is C35H32BrP. The van der Waals surface area contributed by atoms with Gasteiger partial charge in [0.25, 0.3) is 0 Å². The molecule has 0 aromatic heterocycles. The number of benzene rings is 5. The summed E-state index contributed by atoms with van der Waals surface area (Å²) in [7, 11) is 0. The van der Waals surface area contributed by atoms with Crippen molar-refractivity contribution in [3.8, 4) is 0 Å². The molecule has 2 heteroatoms. The van der Waals surface area contributed by atoms with Gasteiger partial charge in [-0.3, -0.25) is 0 Å². The van der Waals surface area contributed by atoms with E-state index >= 15 is 0 Å². The van der Waals surface area contributed by atoms with Crippen molar-refractivity contribution >= 4 is 54.2 Å². The van der Waals surface area contributed by atoms with Gasteiger partial charge >= 0.3 is 230 Å². The SMILES string of the molecule is Cc1ccc(P(Br)(c2ccc(C)cc2)(c2ccc(C)cc2)c2ccc(C=Cc3ccccc3)cc2)cc1. The van der Waals surface area contributed by atoms with Crippen LogP contribution in [0.15, 0.2) is 127 Å². The molecule has 0 fully saturated rings. The minimum atomic E-state index is -3.22. The zero-order chi connectivity index (χ0) is 25.9. The molecule has 0 aliphatic heterocycles. The number of hydrogen-bond acceptors (Lipinski definition) is 0. The summed E-state index contributed by atoms with van der Waals surface area (Å²) in [4.78, 5) is 0. The number of hydrogen-bond donors (Lipinski definition) is 0. The van der Waals surface area contributed by atoms with Gasteiger partial charge in [-0.15, -0.1) is 0 Å². The van der Waals surface area contributed by atoms with Gasteiger partial charge < -0.3 is 0 Å². The zero-order valence-electron chi connectivity index (χ0n) is 21.6. The van der Waals surface area contributed by atoms with Crippen molar-refractivity contribution in [1.29, 1.82) is 0 Å². The average molecular weight is 564 g/mol. The van der Waals surface area contributed by atoms with E-state index in [-0.39, 0.29) is 0 Å².